The number of amides is 1. The topological polar surface area (TPSA) is 87.2 Å². The monoisotopic (exact) mass is 456 g/mol. The lowest BCUT2D eigenvalue weighted by Gasteiger charge is -2.47. The van der Waals surface area contributed by atoms with E-state index in [4.69, 9.17) is 9.47 Å². The molecule has 2 atom stereocenters. The number of aromatic nitrogens is 1. The van der Waals surface area contributed by atoms with Gasteiger partial charge in [-0.25, -0.2) is 9.78 Å². The van der Waals surface area contributed by atoms with Crippen molar-refractivity contribution in [3.05, 3.63) is 42.1 Å². The average molecular weight is 457 g/mol. The number of piperidine rings is 1. The molecular weight excluding hydrogens is 420 g/mol. The van der Waals surface area contributed by atoms with Gasteiger partial charge in [0.1, 0.15) is 17.3 Å². The third-order valence-corrected chi connectivity index (χ3v) is 6.47. The summed E-state index contributed by atoms with van der Waals surface area (Å²) in [5, 5.41) is 13.1. The Bertz CT molecular complexity index is 960. The van der Waals surface area contributed by atoms with Gasteiger partial charge in [0, 0.05) is 50.0 Å². The second-order valence-electron chi connectivity index (χ2n) is 9.55. The minimum atomic E-state index is -0.840. The molecule has 1 aliphatic heterocycles. The van der Waals surface area contributed by atoms with Gasteiger partial charge in [-0.3, -0.25) is 0 Å². The molecule has 0 radical (unpaired) electrons. The number of hydrogen-bond donors (Lipinski definition) is 2. The first kappa shape index (κ1) is 24.5. The number of rotatable bonds is 7. The zero-order chi connectivity index (χ0) is 24.2. The maximum Gasteiger partial charge on any atom is 0.407 e. The Kier molecular flexibility index (Phi) is 7.56. The average Bonchev–Trinajstić information content (AvgIpc) is 2.81. The fourth-order valence-electron chi connectivity index (χ4n) is 4.54. The van der Waals surface area contributed by atoms with Crippen LogP contribution in [0.5, 0.6) is 11.5 Å². The van der Waals surface area contributed by atoms with Crippen LogP contribution in [-0.4, -0.2) is 61.0 Å². The number of pyridine rings is 1. The molecule has 2 heterocycles. The second kappa shape index (κ2) is 10.2. The Hall–Kier alpha value is -3.16. The number of carboxylic acid groups (broad SMARTS) is 1. The Morgan fingerprint density at radius 3 is 2.67 bits per heavy atom. The molecule has 0 aliphatic carbocycles. The Labute approximate surface area is 196 Å². The zero-order valence-electron chi connectivity index (χ0n) is 20.5. The van der Waals surface area contributed by atoms with Crippen molar-refractivity contribution in [2.75, 3.05) is 38.0 Å². The minimum Gasteiger partial charge on any atom is -0.497 e. The number of carbonyl (C=O) groups is 1. The molecule has 2 N–H and O–H groups in total. The van der Waals surface area contributed by atoms with Crippen LogP contribution in [-0.2, 0) is 6.54 Å². The fraction of sp³-hybridized carbons (Fsp3) is 0.520. The zero-order valence-corrected chi connectivity index (χ0v) is 20.5. The number of methoxy groups -OCH3 is 2. The van der Waals surface area contributed by atoms with E-state index in [1.807, 2.05) is 24.3 Å². The second-order valence-corrected chi connectivity index (χ2v) is 9.55. The summed E-state index contributed by atoms with van der Waals surface area (Å²) in [5.41, 5.74) is 1.85. The third-order valence-electron chi connectivity index (χ3n) is 6.47. The van der Waals surface area contributed by atoms with Crippen LogP contribution in [0.15, 0.2) is 36.5 Å². The first-order valence-electron chi connectivity index (χ1n) is 11.3. The quantitative estimate of drug-likeness (QED) is 0.624. The molecule has 33 heavy (non-hydrogen) atoms. The minimum absolute atomic E-state index is 0.0483. The summed E-state index contributed by atoms with van der Waals surface area (Å²) in [4.78, 5) is 20.2. The molecule has 0 saturated carbocycles. The molecule has 8 heteroatoms. The number of nitrogens with one attached hydrogen (secondary N) is 1. The molecule has 3 rings (SSSR count). The van der Waals surface area contributed by atoms with E-state index in [0.717, 1.165) is 41.4 Å². The van der Waals surface area contributed by atoms with Crippen LogP contribution in [0.1, 0.15) is 39.2 Å². The van der Waals surface area contributed by atoms with Crippen LogP contribution in [0, 0.1) is 5.41 Å². The predicted octanol–water partition coefficient (Wildman–Crippen LogP) is 4.70. The molecule has 1 aliphatic rings. The summed E-state index contributed by atoms with van der Waals surface area (Å²) < 4.78 is 10.8. The molecule has 1 saturated heterocycles. The molecule has 0 bridgehead atoms. The predicted molar refractivity (Wildman–Crippen MR) is 131 cm³/mol. The Morgan fingerprint density at radius 2 is 2.03 bits per heavy atom. The van der Waals surface area contributed by atoms with Gasteiger partial charge in [0.25, 0.3) is 0 Å². The summed E-state index contributed by atoms with van der Waals surface area (Å²) in [5.74, 6) is 2.28. The fourth-order valence-corrected chi connectivity index (χ4v) is 4.54. The molecule has 1 fully saturated rings. The van der Waals surface area contributed by atoms with E-state index >= 15 is 0 Å². The van der Waals surface area contributed by atoms with Gasteiger partial charge in [0.05, 0.1) is 19.9 Å². The standard InChI is InChI=1S/C25H36N4O4/c1-25(2,3)22-14-18(11-13-29(22)24(30)31)28(4)20-8-7-12-26-23(20)27-16-17-9-10-19(32-5)15-21(17)33-6/h7-10,12,15,18,22H,11,13-14,16H2,1-6H3,(H,26,27)(H,30,31). The maximum absolute atomic E-state index is 11.8. The van der Waals surface area contributed by atoms with Gasteiger partial charge in [0.15, 0.2) is 0 Å². The number of nitrogens with zero attached hydrogens (tertiary/aromatic N) is 3. The van der Waals surface area contributed by atoms with E-state index < -0.39 is 6.09 Å². The Balaban J connectivity index is 1.78. The van der Waals surface area contributed by atoms with E-state index in [9.17, 15) is 9.90 Å². The van der Waals surface area contributed by atoms with Crippen LogP contribution in [0.4, 0.5) is 16.3 Å². The van der Waals surface area contributed by atoms with Gasteiger partial charge < -0.3 is 29.7 Å². The number of ether oxygens (including phenoxy) is 2. The molecule has 8 nitrogen and oxygen atoms in total. The van der Waals surface area contributed by atoms with Gasteiger partial charge in [-0.15, -0.1) is 0 Å². The first-order valence-corrected chi connectivity index (χ1v) is 11.3. The van der Waals surface area contributed by atoms with Gasteiger partial charge in [-0.2, -0.15) is 0 Å². The molecule has 2 aromatic rings. The molecule has 180 valence electrons. The molecule has 0 spiro atoms. The highest BCUT2D eigenvalue weighted by Gasteiger charge is 2.40. The van der Waals surface area contributed by atoms with Crippen molar-refractivity contribution in [2.45, 2.75) is 52.2 Å². The number of anilines is 2. The number of likely N-dealkylation sites (tertiary alicyclic amines) is 1. The largest absolute Gasteiger partial charge is 0.497 e. The molecule has 2 unspecified atom stereocenters. The molecule has 1 amide bonds. The van der Waals surface area contributed by atoms with Crippen molar-refractivity contribution in [1.82, 2.24) is 9.88 Å². The summed E-state index contributed by atoms with van der Waals surface area (Å²) in [7, 11) is 5.35. The summed E-state index contributed by atoms with van der Waals surface area (Å²) in [6, 6.07) is 9.90. The van der Waals surface area contributed by atoms with Crippen molar-refractivity contribution in [3.8, 4) is 11.5 Å². The summed E-state index contributed by atoms with van der Waals surface area (Å²) in [6.45, 7) is 7.39. The van der Waals surface area contributed by atoms with E-state index in [2.05, 4.69) is 49.1 Å². The lowest BCUT2D eigenvalue weighted by Crippen LogP contribution is -2.55. The van der Waals surface area contributed by atoms with Crippen molar-refractivity contribution >= 4 is 17.6 Å². The van der Waals surface area contributed by atoms with E-state index in [1.54, 1.807) is 25.3 Å². The molecule has 1 aromatic carbocycles. The maximum atomic E-state index is 11.8. The van der Waals surface area contributed by atoms with Crippen molar-refractivity contribution in [2.24, 2.45) is 5.41 Å². The van der Waals surface area contributed by atoms with Crippen molar-refractivity contribution in [1.29, 1.82) is 0 Å². The first-order chi connectivity index (χ1) is 15.7. The third kappa shape index (κ3) is 5.61. The van der Waals surface area contributed by atoms with Gasteiger partial charge in [-0.1, -0.05) is 20.8 Å². The van der Waals surface area contributed by atoms with Crippen LogP contribution in [0.25, 0.3) is 0 Å². The Morgan fingerprint density at radius 1 is 1.27 bits per heavy atom. The summed E-state index contributed by atoms with van der Waals surface area (Å²) >= 11 is 0. The van der Waals surface area contributed by atoms with Crippen LogP contribution < -0.4 is 19.7 Å². The van der Waals surface area contributed by atoms with Crippen LogP contribution >= 0.6 is 0 Å². The highest BCUT2D eigenvalue weighted by Crippen LogP contribution is 2.36. The SMILES string of the molecule is COc1ccc(CNc2ncccc2N(C)C2CCN(C(=O)O)C(C(C)(C)C)C2)c(OC)c1. The van der Waals surface area contributed by atoms with Crippen molar-refractivity contribution in [3.63, 3.8) is 0 Å². The smallest absolute Gasteiger partial charge is 0.407 e. The van der Waals surface area contributed by atoms with Gasteiger partial charge >= 0.3 is 6.09 Å². The van der Waals surface area contributed by atoms with Gasteiger partial charge in [0.2, 0.25) is 0 Å². The van der Waals surface area contributed by atoms with E-state index in [1.165, 1.54) is 0 Å². The highest BCUT2D eigenvalue weighted by atomic mass is 16.5. The lowest BCUT2D eigenvalue weighted by molar-refractivity contribution is 0.0528. The van der Waals surface area contributed by atoms with Gasteiger partial charge in [-0.05, 0) is 42.5 Å². The number of benzene rings is 1. The summed E-state index contributed by atoms with van der Waals surface area (Å²) in [6.07, 6.45) is 2.48. The van der Waals surface area contributed by atoms with Crippen LogP contribution in [0.2, 0.25) is 0 Å². The van der Waals surface area contributed by atoms with E-state index in [-0.39, 0.29) is 17.5 Å². The van der Waals surface area contributed by atoms with Crippen LogP contribution in [0.3, 0.4) is 0 Å². The molecular formula is C25H36N4O4. The van der Waals surface area contributed by atoms with Crippen molar-refractivity contribution < 1.29 is 19.4 Å². The lowest BCUT2D eigenvalue weighted by atomic mass is 9.79. The highest BCUT2D eigenvalue weighted by molar-refractivity contribution is 5.67. The number of hydrogen-bond acceptors (Lipinski definition) is 6. The van der Waals surface area contributed by atoms with E-state index in [0.29, 0.717) is 13.1 Å². The molecule has 1 aromatic heterocycles. The normalized spacial score (nSPS) is 18.5.